The number of methoxy groups -OCH3 is 1. The third-order valence-corrected chi connectivity index (χ3v) is 4.63. The molecule has 0 spiro atoms. The number of anilines is 1. The third-order valence-electron chi connectivity index (χ3n) is 4.01. The first kappa shape index (κ1) is 16.7. The van der Waals surface area contributed by atoms with Crippen LogP contribution in [0.4, 0.5) is 5.95 Å². The maximum Gasteiger partial charge on any atom is 0.251 e. The maximum absolute atomic E-state index is 12.5. The predicted octanol–water partition coefficient (Wildman–Crippen LogP) is 2.65. The number of nitrogens with one attached hydrogen (secondary N) is 1. The van der Waals surface area contributed by atoms with Gasteiger partial charge in [0.25, 0.3) is 5.91 Å². The number of halogens is 1. The van der Waals surface area contributed by atoms with Crippen molar-refractivity contribution in [3.05, 3.63) is 46.7 Å². The summed E-state index contributed by atoms with van der Waals surface area (Å²) in [6.07, 6.45) is 5.42. The first-order chi connectivity index (χ1) is 11.7. The fraction of sp³-hybridized carbons (Fsp3) is 0.353. The topological polar surface area (TPSA) is 67.3 Å². The van der Waals surface area contributed by atoms with Crippen LogP contribution in [0.2, 0.25) is 0 Å². The van der Waals surface area contributed by atoms with E-state index in [2.05, 4.69) is 36.1 Å². The van der Waals surface area contributed by atoms with Crippen LogP contribution in [0.1, 0.15) is 23.2 Å². The highest BCUT2D eigenvalue weighted by molar-refractivity contribution is 9.10. The normalized spacial score (nSPS) is 17.4. The van der Waals surface area contributed by atoms with Crippen molar-refractivity contribution in [1.82, 2.24) is 15.3 Å². The van der Waals surface area contributed by atoms with Crippen molar-refractivity contribution in [2.75, 3.05) is 25.1 Å². The van der Waals surface area contributed by atoms with Crippen LogP contribution in [0.3, 0.4) is 0 Å². The first-order valence-corrected chi connectivity index (χ1v) is 8.63. The molecule has 24 heavy (non-hydrogen) atoms. The van der Waals surface area contributed by atoms with Gasteiger partial charge in [-0.1, -0.05) is 0 Å². The second-order valence-corrected chi connectivity index (χ2v) is 6.51. The van der Waals surface area contributed by atoms with Crippen LogP contribution < -0.4 is 15.0 Å². The second-order valence-electron chi connectivity index (χ2n) is 5.66. The number of rotatable bonds is 4. The molecule has 2 heterocycles. The Kier molecular flexibility index (Phi) is 5.30. The smallest absolute Gasteiger partial charge is 0.251 e. The largest absolute Gasteiger partial charge is 0.496 e. The monoisotopic (exact) mass is 390 g/mol. The molecule has 2 aromatic rings. The van der Waals surface area contributed by atoms with Crippen molar-refractivity contribution in [1.29, 1.82) is 0 Å². The molecule has 0 saturated carbocycles. The van der Waals surface area contributed by atoms with Gasteiger partial charge >= 0.3 is 0 Å². The summed E-state index contributed by atoms with van der Waals surface area (Å²) in [4.78, 5) is 23.2. The van der Waals surface area contributed by atoms with Crippen LogP contribution >= 0.6 is 15.9 Å². The average Bonchev–Trinajstić information content (AvgIpc) is 2.62. The molecular formula is C17H19BrN4O2. The quantitative estimate of drug-likeness (QED) is 0.868. The highest BCUT2D eigenvalue weighted by Gasteiger charge is 2.23. The number of piperidine rings is 1. The van der Waals surface area contributed by atoms with Gasteiger partial charge in [-0.05, 0) is 53.0 Å². The van der Waals surface area contributed by atoms with Crippen molar-refractivity contribution in [2.45, 2.75) is 18.9 Å². The van der Waals surface area contributed by atoms with Crippen LogP contribution in [0, 0.1) is 0 Å². The summed E-state index contributed by atoms with van der Waals surface area (Å²) < 4.78 is 5.96. The van der Waals surface area contributed by atoms with Crippen LogP contribution in [0.5, 0.6) is 5.75 Å². The Morgan fingerprint density at radius 2 is 2.17 bits per heavy atom. The molecule has 7 heteroatoms. The molecule has 1 amide bonds. The lowest BCUT2D eigenvalue weighted by Gasteiger charge is -2.33. The van der Waals surface area contributed by atoms with E-state index in [1.165, 1.54) is 0 Å². The van der Waals surface area contributed by atoms with E-state index < -0.39 is 0 Å². The molecule has 1 N–H and O–H groups in total. The molecule has 1 saturated heterocycles. The number of hydrogen-bond acceptors (Lipinski definition) is 5. The van der Waals surface area contributed by atoms with Gasteiger partial charge in [0.15, 0.2) is 0 Å². The van der Waals surface area contributed by atoms with Crippen molar-refractivity contribution >= 4 is 27.8 Å². The van der Waals surface area contributed by atoms with Gasteiger partial charge in [-0.25, -0.2) is 9.97 Å². The predicted molar refractivity (Wildman–Crippen MR) is 95.4 cm³/mol. The molecule has 1 aliphatic heterocycles. The van der Waals surface area contributed by atoms with E-state index >= 15 is 0 Å². The van der Waals surface area contributed by atoms with Crippen molar-refractivity contribution in [3.8, 4) is 5.75 Å². The van der Waals surface area contributed by atoms with Gasteiger partial charge in [-0.3, -0.25) is 4.79 Å². The SMILES string of the molecule is COc1ccc(C(=O)NC2CCCN(c3ncccn3)C2)cc1Br. The lowest BCUT2D eigenvalue weighted by Crippen LogP contribution is -2.48. The van der Waals surface area contributed by atoms with Gasteiger partial charge in [0.2, 0.25) is 5.95 Å². The molecule has 1 aromatic heterocycles. The lowest BCUT2D eigenvalue weighted by molar-refractivity contribution is 0.0933. The van der Waals surface area contributed by atoms with Crippen molar-refractivity contribution in [2.24, 2.45) is 0 Å². The molecule has 1 atom stereocenters. The summed E-state index contributed by atoms with van der Waals surface area (Å²) in [5, 5.41) is 3.10. The number of aromatic nitrogens is 2. The molecule has 0 bridgehead atoms. The zero-order valence-electron chi connectivity index (χ0n) is 13.4. The lowest BCUT2D eigenvalue weighted by atomic mass is 10.1. The number of ether oxygens (including phenoxy) is 1. The Balaban J connectivity index is 1.65. The number of carbonyl (C=O) groups excluding carboxylic acids is 1. The van der Waals surface area contributed by atoms with Gasteiger partial charge in [-0.15, -0.1) is 0 Å². The molecule has 0 radical (unpaired) electrons. The standard InChI is InChI=1S/C17H19BrN4O2/c1-24-15-6-5-12(10-14(15)18)16(23)21-13-4-2-9-22(11-13)17-19-7-3-8-20-17/h3,5-8,10,13H,2,4,9,11H2,1H3,(H,21,23). The number of carbonyl (C=O) groups is 1. The van der Waals surface area contributed by atoms with Gasteiger partial charge in [0, 0.05) is 37.1 Å². The van der Waals surface area contributed by atoms with Gasteiger partial charge in [0.1, 0.15) is 5.75 Å². The Labute approximate surface area is 149 Å². The van der Waals surface area contributed by atoms with Crippen LogP contribution in [-0.4, -0.2) is 42.1 Å². The highest BCUT2D eigenvalue weighted by Crippen LogP contribution is 2.25. The number of nitrogens with zero attached hydrogens (tertiary/aromatic N) is 3. The van der Waals surface area contributed by atoms with Crippen LogP contribution in [0.25, 0.3) is 0 Å². The van der Waals surface area contributed by atoms with Crippen molar-refractivity contribution in [3.63, 3.8) is 0 Å². The molecule has 0 aliphatic carbocycles. The molecule has 6 nitrogen and oxygen atoms in total. The van der Waals surface area contributed by atoms with E-state index in [1.807, 2.05) is 0 Å². The molecule has 1 fully saturated rings. The Morgan fingerprint density at radius 1 is 1.38 bits per heavy atom. The minimum Gasteiger partial charge on any atom is -0.496 e. The van der Waals surface area contributed by atoms with Crippen LogP contribution in [-0.2, 0) is 0 Å². The summed E-state index contributed by atoms with van der Waals surface area (Å²) in [5.41, 5.74) is 0.607. The van der Waals surface area contributed by atoms with E-state index in [-0.39, 0.29) is 11.9 Å². The summed E-state index contributed by atoms with van der Waals surface area (Å²) in [6, 6.07) is 7.20. The Bertz CT molecular complexity index is 711. The summed E-state index contributed by atoms with van der Waals surface area (Å²) in [5.74, 6) is 1.33. The van der Waals surface area contributed by atoms with E-state index in [4.69, 9.17) is 4.74 Å². The van der Waals surface area contributed by atoms with E-state index in [0.29, 0.717) is 23.8 Å². The maximum atomic E-state index is 12.5. The minimum atomic E-state index is -0.0841. The van der Waals surface area contributed by atoms with Gasteiger partial charge in [0.05, 0.1) is 11.6 Å². The van der Waals surface area contributed by atoms with E-state index in [0.717, 1.165) is 23.9 Å². The van der Waals surface area contributed by atoms with E-state index in [1.54, 1.807) is 43.8 Å². The van der Waals surface area contributed by atoms with Gasteiger partial charge in [-0.2, -0.15) is 0 Å². The summed E-state index contributed by atoms with van der Waals surface area (Å²) in [6.45, 7) is 1.62. The molecule has 1 aliphatic rings. The van der Waals surface area contributed by atoms with Crippen LogP contribution in [0.15, 0.2) is 41.1 Å². The van der Waals surface area contributed by atoms with E-state index in [9.17, 15) is 4.79 Å². The minimum absolute atomic E-state index is 0.0796. The number of hydrogen-bond donors (Lipinski definition) is 1. The number of amides is 1. The molecule has 3 rings (SSSR count). The van der Waals surface area contributed by atoms with Crippen molar-refractivity contribution < 1.29 is 9.53 Å². The summed E-state index contributed by atoms with van der Waals surface area (Å²) in [7, 11) is 1.60. The van der Waals surface area contributed by atoms with Gasteiger partial charge < -0.3 is 15.0 Å². The fourth-order valence-corrected chi connectivity index (χ4v) is 3.35. The Hall–Kier alpha value is -2.15. The zero-order chi connectivity index (χ0) is 16.9. The molecule has 1 unspecified atom stereocenters. The molecule has 126 valence electrons. The Morgan fingerprint density at radius 3 is 2.88 bits per heavy atom. The first-order valence-electron chi connectivity index (χ1n) is 7.84. The average molecular weight is 391 g/mol. The third kappa shape index (κ3) is 3.84. The fourth-order valence-electron chi connectivity index (χ4n) is 2.81. The molecular weight excluding hydrogens is 372 g/mol. The molecule has 1 aromatic carbocycles. The number of benzene rings is 1. The zero-order valence-corrected chi connectivity index (χ0v) is 15.0. The summed E-state index contributed by atoms with van der Waals surface area (Å²) >= 11 is 3.41. The highest BCUT2D eigenvalue weighted by atomic mass is 79.9. The second kappa shape index (κ2) is 7.61.